The summed E-state index contributed by atoms with van der Waals surface area (Å²) in [6, 6.07) is 4.72. The van der Waals surface area contributed by atoms with Crippen LogP contribution in [0.2, 0.25) is 0 Å². The molecule has 0 saturated heterocycles. The Morgan fingerprint density at radius 2 is 1.72 bits per heavy atom. The number of hydrogen-bond donors (Lipinski definition) is 3. The summed E-state index contributed by atoms with van der Waals surface area (Å²) in [5.74, 6) is -2.11. The Hall–Kier alpha value is -1.37. The number of rotatable bonds is 3. The lowest BCUT2D eigenvalue weighted by Gasteiger charge is -2.09. The van der Waals surface area contributed by atoms with Crippen molar-refractivity contribution in [2.45, 2.75) is 12.3 Å². The summed E-state index contributed by atoms with van der Waals surface area (Å²) < 4.78 is 46.4. The van der Waals surface area contributed by atoms with Gasteiger partial charge in [-0.1, -0.05) is 12.1 Å². The van der Waals surface area contributed by atoms with Crippen molar-refractivity contribution in [3.05, 3.63) is 29.8 Å². The quantitative estimate of drug-likeness (QED) is 0.739. The van der Waals surface area contributed by atoms with Gasteiger partial charge in [0.25, 0.3) is 0 Å². The van der Waals surface area contributed by atoms with Gasteiger partial charge in [0.2, 0.25) is 0 Å². The molecule has 0 atom stereocenters. The molecule has 0 aliphatic carbocycles. The van der Waals surface area contributed by atoms with Crippen molar-refractivity contribution in [2.75, 3.05) is 5.32 Å². The van der Waals surface area contributed by atoms with Crippen LogP contribution in [0.25, 0.3) is 0 Å². The van der Waals surface area contributed by atoms with E-state index in [4.69, 9.17) is 9.79 Å². The SMILES string of the molecule is O=C(Nc1ccc(CP(=O)(O)O)cc1)C(F)(F)F. The van der Waals surface area contributed by atoms with Gasteiger partial charge in [-0.2, -0.15) is 13.2 Å². The molecule has 5 nitrogen and oxygen atoms in total. The maximum absolute atomic E-state index is 11.9. The summed E-state index contributed by atoms with van der Waals surface area (Å²) in [4.78, 5) is 28.0. The second kappa shape index (κ2) is 5.09. The van der Waals surface area contributed by atoms with Crippen LogP contribution in [0.15, 0.2) is 24.3 Å². The number of halogens is 3. The van der Waals surface area contributed by atoms with Gasteiger partial charge in [-0.25, -0.2) is 0 Å². The molecule has 100 valence electrons. The Kier molecular flexibility index (Phi) is 4.16. The average molecular weight is 283 g/mol. The van der Waals surface area contributed by atoms with Crippen molar-refractivity contribution in [1.29, 1.82) is 0 Å². The Labute approximate surface area is 99.8 Å². The van der Waals surface area contributed by atoms with E-state index >= 15 is 0 Å². The molecule has 18 heavy (non-hydrogen) atoms. The molecule has 0 aromatic heterocycles. The lowest BCUT2D eigenvalue weighted by molar-refractivity contribution is -0.167. The highest BCUT2D eigenvalue weighted by Crippen LogP contribution is 2.39. The molecule has 3 N–H and O–H groups in total. The topological polar surface area (TPSA) is 86.6 Å². The predicted molar refractivity (Wildman–Crippen MR) is 56.9 cm³/mol. The molecule has 0 radical (unpaired) electrons. The maximum Gasteiger partial charge on any atom is 0.471 e. The van der Waals surface area contributed by atoms with Gasteiger partial charge < -0.3 is 15.1 Å². The zero-order valence-corrected chi connectivity index (χ0v) is 9.70. The summed E-state index contributed by atoms with van der Waals surface area (Å²) in [7, 11) is -4.22. The molecule has 0 bridgehead atoms. The van der Waals surface area contributed by atoms with Crippen LogP contribution in [0.3, 0.4) is 0 Å². The highest BCUT2D eigenvalue weighted by molar-refractivity contribution is 7.50. The predicted octanol–water partition coefficient (Wildman–Crippen LogP) is 1.87. The van der Waals surface area contributed by atoms with Crippen molar-refractivity contribution in [2.24, 2.45) is 0 Å². The summed E-state index contributed by atoms with van der Waals surface area (Å²) in [5, 5.41) is 1.61. The molecule has 1 aromatic carbocycles. The number of carbonyl (C=O) groups excluding carboxylic acids is 1. The summed E-state index contributed by atoms with van der Waals surface area (Å²) in [6.07, 6.45) is -5.49. The molecule has 0 aliphatic rings. The molecule has 0 aliphatic heterocycles. The first-order valence-corrected chi connectivity index (χ1v) is 6.39. The van der Waals surface area contributed by atoms with E-state index in [-0.39, 0.29) is 11.3 Å². The van der Waals surface area contributed by atoms with Crippen molar-refractivity contribution >= 4 is 19.2 Å². The van der Waals surface area contributed by atoms with Gasteiger partial charge in [0.05, 0.1) is 6.16 Å². The first kappa shape index (κ1) is 14.7. The maximum atomic E-state index is 11.9. The molecule has 1 rings (SSSR count). The van der Waals surface area contributed by atoms with Gasteiger partial charge in [0.15, 0.2) is 0 Å². The highest BCUT2D eigenvalue weighted by atomic mass is 31.2. The van der Waals surface area contributed by atoms with E-state index in [1.165, 1.54) is 12.1 Å². The van der Waals surface area contributed by atoms with Gasteiger partial charge in [0.1, 0.15) is 0 Å². The van der Waals surface area contributed by atoms with Gasteiger partial charge in [-0.05, 0) is 17.7 Å². The molecule has 0 unspecified atom stereocenters. The largest absolute Gasteiger partial charge is 0.471 e. The number of amides is 1. The molecule has 0 fully saturated rings. The first-order chi connectivity index (χ1) is 8.08. The number of nitrogens with one attached hydrogen (secondary N) is 1. The van der Waals surface area contributed by atoms with E-state index in [0.29, 0.717) is 0 Å². The standard InChI is InChI=1S/C9H9F3NO4P/c10-9(11,12)8(14)13-7-3-1-6(2-4-7)5-18(15,16)17/h1-4H,5H2,(H,13,14)(H2,15,16,17). The van der Waals surface area contributed by atoms with Crippen LogP contribution in [0, 0.1) is 0 Å². The molecule has 0 heterocycles. The van der Waals surface area contributed by atoms with Crippen LogP contribution in [0.5, 0.6) is 0 Å². The fourth-order valence-electron chi connectivity index (χ4n) is 1.13. The van der Waals surface area contributed by atoms with Crippen LogP contribution >= 0.6 is 7.60 Å². The van der Waals surface area contributed by atoms with E-state index in [0.717, 1.165) is 12.1 Å². The number of benzene rings is 1. The number of carbonyl (C=O) groups is 1. The first-order valence-electron chi connectivity index (χ1n) is 4.59. The van der Waals surface area contributed by atoms with E-state index < -0.39 is 25.8 Å². The highest BCUT2D eigenvalue weighted by Gasteiger charge is 2.38. The Morgan fingerprint density at radius 3 is 2.11 bits per heavy atom. The van der Waals surface area contributed by atoms with Crippen LogP contribution in [0.1, 0.15) is 5.56 Å². The van der Waals surface area contributed by atoms with Crippen LogP contribution in [-0.4, -0.2) is 21.9 Å². The molecule has 9 heteroatoms. The zero-order chi connectivity index (χ0) is 14.0. The average Bonchev–Trinajstić information content (AvgIpc) is 2.17. The van der Waals surface area contributed by atoms with Crippen LogP contribution < -0.4 is 5.32 Å². The summed E-state index contributed by atoms with van der Waals surface area (Å²) >= 11 is 0. The monoisotopic (exact) mass is 283 g/mol. The molecule has 0 spiro atoms. The summed E-state index contributed by atoms with van der Waals surface area (Å²) in [6.45, 7) is 0. The lowest BCUT2D eigenvalue weighted by Crippen LogP contribution is -2.29. The van der Waals surface area contributed by atoms with E-state index in [1.807, 2.05) is 0 Å². The van der Waals surface area contributed by atoms with Crippen LogP contribution in [-0.2, 0) is 15.5 Å². The minimum Gasteiger partial charge on any atom is -0.324 e. The number of alkyl halides is 3. The number of anilines is 1. The third kappa shape index (κ3) is 4.87. The smallest absolute Gasteiger partial charge is 0.324 e. The van der Waals surface area contributed by atoms with Crippen molar-refractivity contribution in [3.63, 3.8) is 0 Å². The third-order valence-electron chi connectivity index (χ3n) is 1.86. The molecule has 1 amide bonds. The van der Waals surface area contributed by atoms with Gasteiger partial charge in [0, 0.05) is 5.69 Å². The van der Waals surface area contributed by atoms with Crippen molar-refractivity contribution < 1.29 is 32.3 Å². The minimum absolute atomic E-state index is 0.105. The second-order valence-corrected chi connectivity index (χ2v) is 5.12. The Morgan fingerprint density at radius 1 is 1.22 bits per heavy atom. The normalized spacial score (nSPS) is 12.3. The van der Waals surface area contributed by atoms with Crippen molar-refractivity contribution in [1.82, 2.24) is 0 Å². The Bertz CT molecular complexity index is 480. The fourth-order valence-corrected chi connectivity index (χ4v) is 1.82. The summed E-state index contributed by atoms with van der Waals surface area (Å²) in [5.41, 5.74) is 0.153. The molecule has 0 saturated carbocycles. The number of hydrogen-bond acceptors (Lipinski definition) is 2. The Balaban J connectivity index is 2.72. The zero-order valence-electron chi connectivity index (χ0n) is 8.81. The van der Waals surface area contributed by atoms with Gasteiger partial charge >= 0.3 is 19.7 Å². The van der Waals surface area contributed by atoms with E-state index in [1.54, 1.807) is 5.32 Å². The van der Waals surface area contributed by atoms with Crippen molar-refractivity contribution in [3.8, 4) is 0 Å². The van der Waals surface area contributed by atoms with Gasteiger partial charge in [-0.15, -0.1) is 0 Å². The van der Waals surface area contributed by atoms with Crippen LogP contribution in [0.4, 0.5) is 18.9 Å². The third-order valence-corrected chi connectivity index (χ3v) is 2.63. The molecular formula is C9H9F3NO4P. The molecular weight excluding hydrogens is 274 g/mol. The fraction of sp³-hybridized carbons (Fsp3) is 0.222. The second-order valence-electron chi connectivity index (χ2n) is 3.47. The van der Waals surface area contributed by atoms with E-state index in [2.05, 4.69) is 0 Å². The van der Waals surface area contributed by atoms with Gasteiger partial charge in [-0.3, -0.25) is 9.36 Å². The minimum atomic E-state index is -4.98. The lowest BCUT2D eigenvalue weighted by atomic mass is 10.2. The molecule has 1 aromatic rings. The van der Waals surface area contributed by atoms with E-state index in [9.17, 15) is 22.5 Å².